The number of nitriles is 1. The van der Waals surface area contributed by atoms with Crippen molar-refractivity contribution < 1.29 is 45.8 Å². The average molecular weight is 573 g/mol. The maximum absolute atomic E-state index is 14.2. The first-order chi connectivity index (χ1) is 18.7. The number of alkyl halides is 3. The van der Waals surface area contributed by atoms with Crippen LogP contribution in [-0.2, 0) is 27.2 Å². The number of aliphatic carboxylic acids is 1. The summed E-state index contributed by atoms with van der Waals surface area (Å²) in [5, 5.41) is 19.0. The van der Waals surface area contributed by atoms with Gasteiger partial charge in [-0.2, -0.15) is 18.4 Å². The lowest BCUT2D eigenvalue weighted by Crippen LogP contribution is -2.49. The third-order valence-electron chi connectivity index (χ3n) is 5.92. The number of rotatable bonds is 8. The van der Waals surface area contributed by atoms with E-state index in [1.165, 1.54) is 4.90 Å². The first kappa shape index (κ1) is 32.1. The number of halogens is 6. The molecule has 40 heavy (non-hydrogen) atoms. The molecule has 0 bridgehead atoms. The van der Waals surface area contributed by atoms with Crippen molar-refractivity contribution in [3.63, 3.8) is 0 Å². The Morgan fingerprint density at radius 3 is 2.25 bits per heavy atom. The molecule has 0 aliphatic carbocycles. The summed E-state index contributed by atoms with van der Waals surface area (Å²) in [6.07, 6.45) is -4.08. The predicted molar refractivity (Wildman–Crippen MR) is 129 cm³/mol. The molecule has 3 rings (SSSR count). The summed E-state index contributed by atoms with van der Waals surface area (Å²) in [7, 11) is 0. The molecule has 1 heterocycles. The number of carboxylic acid groups (broad SMARTS) is 1. The van der Waals surface area contributed by atoms with Crippen LogP contribution in [0.5, 0.6) is 0 Å². The van der Waals surface area contributed by atoms with E-state index in [4.69, 9.17) is 15.6 Å². The van der Waals surface area contributed by atoms with Crippen LogP contribution in [0.1, 0.15) is 30.4 Å². The van der Waals surface area contributed by atoms with Gasteiger partial charge in [-0.1, -0.05) is 30.3 Å². The minimum Gasteiger partial charge on any atom is -0.475 e. The van der Waals surface area contributed by atoms with Crippen molar-refractivity contribution in [2.24, 2.45) is 5.73 Å². The van der Waals surface area contributed by atoms with Gasteiger partial charge >= 0.3 is 12.1 Å². The molecule has 0 spiro atoms. The molecule has 1 saturated heterocycles. The Kier molecular flexibility index (Phi) is 11.5. The Labute approximate surface area is 225 Å². The molecule has 8 nitrogen and oxygen atoms in total. The van der Waals surface area contributed by atoms with Gasteiger partial charge in [-0.15, -0.1) is 0 Å². The number of hydrogen-bond acceptors (Lipinski definition) is 5. The van der Waals surface area contributed by atoms with Crippen LogP contribution >= 0.6 is 0 Å². The fraction of sp³-hybridized carbons (Fsp3) is 0.385. The van der Waals surface area contributed by atoms with Crippen LogP contribution in [0.2, 0.25) is 0 Å². The number of nitrogens with two attached hydrogens (primary N) is 1. The van der Waals surface area contributed by atoms with Gasteiger partial charge in [0, 0.05) is 25.1 Å². The Balaban J connectivity index is 0.000000708. The van der Waals surface area contributed by atoms with Gasteiger partial charge in [-0.25, -0.2) is 18.0 Å². The van der Waals surface area contributed by atoms with Crippen molar-refractivity contribution in [1.82, 2.24) is 10.2 Å². The van der Waals surface area contributed by atoms with Gasteiger partial charge in [-0.05, 0) is 42.9 Å². The van der Waals surface area contributed by atoms with Crippen molar-refractivity contribution >= 4 is 17.8 Å². The zero-order chi connectivity index (χ0) is 30.0. The second kappa shape index (κ2) is 14.3. The van der Waals surface area contributed by atoms with Crippen LogP contribution in [0.25, 0.3) is 0 Å². The van der Waals surface area contributed by atoms with Crippen LogP contribution < -0.4 is 11.1 Å². The maximum Gasteiger partial charge on any atom is 0.490 e. The minimum atomic E-state index is -5.08. The standard InChI is InChI=1S/C24H25F3N4O2.C2HF3O2/c25-19-13-21(27)20(26)11-16(19)10-17(12-23(32)31-8-4-7-18(31)14-28)30-24(33)22(29)9-15-5-2-1-3-6-15;3-2(4,5)1(6)7/h1-3,5-6,11,13,17-18,22H,4,7-10,12,29H2,(H,30,33);(H,6,7). The molecule has 2 aromatic carbocycles. The van der Waals surface area contributed by atoms with E-state index in [9.17, 15) is 41.2 Å². The van der Waals surface area contributed by atoms with Crippen LogP contribution in [0.3, 0.4) is 0 Å². The molecule has 3 atom stereocenters. The van der Waals surface area contributed by atoms with Gasteiger partial charge in [0.25, 0.3) is 0 Å². The lowest BCUT2D eigenvalue weighted by molar-refractivity contribution is -0.192. The number of carbonyl (C=O) groups excluding carboxylic acids is 2. The third kappa shape index (κ3) is 9.57. The smallest absolute Gasteiger partial charge is 0.475 e. The molecule has 3 unspecified atom stereocenters. The van der Waals surface area contributed by atoms with E-state index in [0.717, 1.165) is 5.56 Å². The molecule has 1 aliphatic heterocycles. The molecule has 2 amide bonds. The number of amides is 2. The number of benzene rings is 2. The first-order valence-corrected chi connectivity index (χ1v) is 11.9. The topological polar surface area (TPSA) is 137 Å². The highest BCUT2D eigenvalue weighted by molar-refractivity contribution is 5.83. The van der Waals surface area contributed by atoms with Crippen LogP contribution in [0.15, 0.2) is 42.5 Å². The van der Waals surface area contributed by atoms with Crippen molar-refractivity contribution in [2.45, 2.75) is 56.4 Å². The molecule has 216 valence electrons. The van der Waals surface area contributed by atoms with Crippen LogP contribution in [0, 0.1) is 28.8 Å². The number of carboxylic acids is 1. The summed E-state index contributed by atoms with van der Waals surface area (Å²) in [6.45, 7) is 0.408. The monoisotopic (exact) mass is 572 g/mol. The summed E-state index contributed by atoms with van der Waals surface area (Å²) < 4.78 is 73.0. The van der Waals surface area contributed by atoms with Gasteiger partial charge < -0.3 is 21.1 Å². The second-order valence-electron chi connectivity index (χ2n) is 8.94. The first-order valence-electron chi connectivity index (χ1n) is 11.9. The van der Waals surface area contributed by atoms with E-state index in [0.29, 0.717) is 31.5 Å². The molecule has 2 aromatic rings. The predicted octanol–water partition coefficient (Wildman–Crippen LogP) is 3.24. The molecule has 1 fully saturated rings. The number of carbonyl (C=O) groups is 3. The highest BCUT2D eigenvalue weighted by Crippen LogP contribution is 2.21. The summed E-state index contributed by atoms with van der Waals surface area (Å²) in [5.41, 5.74) is 6.69. The number of hydrogen-bond donors (Lipinski definition) is 3. The number of nitrogens with zero attached hydrogens (tertiary/aromatic N) is 2. The Morgan fingerprint density at radius 1 is 1.07 bits per heavy atom. The molecule has 4 N–H and O–H groups in total. The zero-order valence-electron chi connectivity index (χ0n) is 20.9. The normalized spacial score (nSPS) is 16.2. The lowest BCUT2D eigenvalue weighted by atomic mass is 10.00. The fourth-order valence-corrected chi connectivity index (χ4v) is 3.96. The van der Waals surface area contributed by atoms with Crippen molar-refractivity contribution in [3.8, 4) is 6.07 Å². The van der Waals surface area contributed by atoms with Crippen LogP contribution in [0.4, 0.5) is 26.3 Å². The summed E-state index contributed by atoms with van der Waals surface area (Å²) in [4.78, 5) is 35.9. The van der Waals surface area contributed by atoms with E-state index in [1.807, 2.05) is 30.3 Å². The molecule has 1 aliphatic rings. The van der Waals surface area contributed by atoms with Gasteiger partial charge in [0.05, 0.1) is 12.1 Å². The summed E-state index contributed by atoms with van der Waals surface area (Å²) in [6, 6.07) is 9.90. The number of likely N-dealkylation sites (tertiary alicyclic amines) is 1. The van der Waals surface area contributed by atoms with E-state index in [1.54, 1.807) is 0 Å². The van der Waals surface area contributed by atoms with E-state index in [-0.39, 0.29) is 30.7 Å². The van der Waals surface area contributed by atoms with Gasteiger partial charge in [0.1, 0.15) is 11.9 Å². The van der Waals surface area contributed by atoms with E-state index >= 15 is 0 Å². The summed E-state index contributed by atoms with van der Waals surface area (Å²) >= 11 is 0. The highest BCUT2D eigenvalue weighted by Gasteiger charge is 2.38. The fourth-order valence-electron chi connectivity index (χ4n) is 3.96. The molecule has 0 saturated carbocycles. The van der Waals surface area contributed by atoms with Crippen molar-refractivity contribution in [2.75, 3.05) is 6.54 Å². The second-order valence-corrected chi connectivity index (χ2v) is 8.94. The van der Waals surface area contributed by atoms with Gasteiger partial charge in [0.2, 0.25) is 11.8 Å². The third-order valence-corrected chi connectivity index (χ3v) is 5.92. The highest BCUT2D eigenvalue weighted by atomic mass is 19.4. The molecule has 14 heteroatoms. The largest absolute Gasteiger partial charge is 0.490 e. The molecular weight excluding hydrogens is 546 g/mol. The minimum absolute atomic E-state index is 0.179. The van der Waals surface area contributed by atoms with E-state index in [2.05, 4.69) is 11.4 Å². The maximum atomic E-state index is 14.2. The quantitative estimate of drug-likeness (QED) is 0.328. The SMILES string of the molecule is N#CC1CCCN1C(=O)CC(Cc1cc(F)c(F)cc1F)NC(=O)C(N)Cc1ccccc1.O=C(O)C(F)(F)F. The Hall–Kier alpha value is -4.12. The van der Waals surface area contributed by atoms with Gasteiger partial charge in [0.15, 0.2) is 11.6 Å². The molecular formula is C26H26F6N4O4. The summed E-state index contributed by atoms with van der Waals surface area (Å²) in [5.74, 6) is -7.24. The molecule has 0 aromatic heterocycles. The zero-order valence-corrected chi connectivity index (χ0v) is 20.9. The Bertz CT molecular complexity index is 1240. The van der Waals surface area contributed by atoms with E-state index < -0.39 is 53.6 Å². The van der Waals surface area contributed by atoms with Crippen LogP contribution in [-0.4, -0.2) is 58.6 Å². The van der Waals surface area contributed by atoms with Gasteiger partial charge in [-0.3, -0.25) is 9.59 Å². The molecule has 0 radical (unpaired) electrons. The van der Waals surface area contributed by atoms with Crippen molar-refractivity contribution in [3.05, 3.63) is 71.0 Å². The average Bonchev–Trinajstić information content (AvgIpc) is 3.37. The Morgan fingerprint density at radius 2 is 1.68 bits per heavy atom. The van der Waals surface area contributed by atoms with Crippen molar-refractivity contribution in [1.29, 1.82) is 5.26 Å². The number of nitrogens with one attached hydrogen (secondary N) is 1. The lowest BCUT2D eigenvalue weighted by Gasteiger charge is -2.25.